The minimum absolute atomic E-state index is 0.302. The van der Waals surface area contributed by atoms with E-state index in [1.807, 2.05) is 11.3 Å². The average Bonchev–Trinajstić information content (AvgIpc) is 2.90. The minimum atomic E-state index is 0.302. The predicted octanol–water partition coefficient (Wildman–Crippen LogP) is 3.26. The van der Waals surface area contributed by atoms with Gasteiger partial charge in [-0.15, -0.1) is 11.3 Å². The standard InChI is InChI=1S/C16H23N3S/c1-3-16(4-2)12-17-9-10-19(16)11-15-18-13-7-5-6-8-14(13)20-15/h5-8,17H,3-4,9-12H2,1-2H3. The molecule has 1 aliphatic rings. The average molecular weight is 289 g/mol. The van der Waals surface area contributed by atoms with Gasteiger partial charge in [0, 0.05) is 25.2 Å². The summed E-state index contributed by atoms with van der Waals surface area (Å²) in [5, 5.41) is 4.81. The van der Waals surface area contributed by atoms with Gasteiger partial charge >= 0.3 is 0 Å². The zero-order chi connectivity index (χ0) is 14.0. The van der Waals surface area contributed by atoms with Gasteiger partial charge in [-0.3, -0.25) is 4.90 Å². The zero-order valence-electron chi connectivity index (χ0n) is 12.4. The molecule has 2 aromatic rings. The van der Waals surface area contributed by atoms with Crippen LogP contribution in [-0.4, -0.2) is 35.1 Å². The maximum Gasteiger partial charge on any atom is 0.108 e. The molecule has 1 N–H and O–H groups in total. The van der Waals surface area contributed by atoms with Crippen molar-refractivity contribution in [3.8, 4) is 0 Å². The first-order chi connectivity index (χ1) is 9.77. The molecule has 1 aromatic carbocycles. The number of piperazine rings is 1. The second kappa shape index (κ2) is 5.80. The number of nitrogens with one attached hydrogen (secondary N) is 1. The van der Waals surface area contributed by atoms with Gasteiger partial charge in [0.15, 0.2) is 0 Å². The molecule has 0 aliphatic carbocycles. The van der Waals surface area contributed by atoms with Crippen LogP contribution in [0.2, 0.25) is 0 Å². The molecular formula is C16H23N3S. The summed E-state index contributed by atoms with van der Waals surface area (Å²) in [7, 11) is 0. The van der Waals surface area contributed by atoms with Gasteiger partial charge in [-0.1, -0.05) is 26.0 Å². The first kappa shape index (κ1) is 14.0. The number of aromatic nitrogens is 1. The summed E-state index contributed by atoms with van der Waals surface area (Å²) in [6, 6.07) is 8.44. The lowest BCUT2D eigenvalue weighted by molar-refractivity contribution is 0.0447. The summed E-state index contributed by atoms with van der Waals surface area (Å²) < 4.78 is 1.30. The lowest BCUT2D eigenvalue weighted by Gasteiger charge is -2.46. The van der Waals surface area contributed by atoms with Crippen molar-refractivity contribution < 1.29 is 0 Å². The highest BCUT2D eigenvalue weighted by atomic mass is 32.1. The van der Waals surface area contributed by atoms with E-state index in [0.29, 0.717) is 5.54 Å². The molecule has 0 spiro atoms. The van der Waals surface area contributed by atoms with Crippen LogP contribution in [0.25, 0.3) is 10.2 Å². The fourth-order valence-electron chi connectivity index (χ4n) is 3.23. The SMILES string of the molecule is CCC1(CC)CNCCN1Cc1nc2ccccc2s1. The largest absolute Gasteiger partial charge is 0.314 e. The van der Waals surface area contributed by atoms with Gasteiger partial charge in [0.25, 0.3) is 0 Å². The maximum atomic E-state index is 4.80. The van der Waals surface area contributed by atoms with Crippen molar-refractivity contribution in [1.82, 2.24) is 15.2 Å². The van der Waals surface area contributed by atoms with E-state index in [1.54, 1.807) is 0 Å². The summed E-state index contributed by atoms with van der Waals surface area (Å²) in [5.74, 6) is 0. The number of fused-ring (bicyclic) bond motifs is 1. The van der Waals surface area contributed by atoms with Gasteiger partial charge in [-0.05, 0) is 25.0 Å². The highest BCUT2D eigenvalue weighted by Crippen LogP contribution is 2.29. The molecule has 0 unspecified atom stereocenters. The normalized spacial score (nSPS) is 19.5. The molecule has 1 fully saturated rings. The smallest absolute Gasteiger partial charge is 0.108 e. The molecule has 1 aliphatic heterocycles. The van der Waals surface area contributed by atoms with Crippen molar-refractivity contribution in [3.05, 3.63) is 29.3 Å². The Morgan fingerprint density at radius 3 is 2.85 bits per heavy atom. The Bertz CT molecular complexity index is 541. The molecule has 2 heterocycles. The van der Waals surface area contributed by atoms with E-state index < -0.39 is 0 Å². The van der Waals surface area contributed by atoms with Crippen LogP contribution in [0.3, 0.4) is 0 Å². The molecule has 3 nitrogen and oxygen atoms in total. The number of nitrogens with zero attached hydrogens (tertiary/aromatic N) is 2. The molecule has 0 bridgehead atoms. The Kier molecular flexibility index (Phi) is 4.06. The number of thiazole rings is 1. The highest BCUT2D eigenvalue weighted by Gasteiger charge is 2.35. The van der Waals surface area contributed by atoms with Crippen molar-refractivity contribution in [2.75, 3.05) is 19.6 Å². The Hall–Kier alpha value is -0.970. The van der Waals surface area contributed by atoms with Crippen molar-refractivity contribution >= 4 is 21.6 Å². The molecule has 108 valence electrons. The number of hydrogen-bond donors (Lipinski definition) is 1. The molecule has 3 rings (SSSR count). The molecule has 4 heteroatoms. The van der Waals surface area contributed by atoms with Crippen molar-refractivity contribution in [1.29, 1.82) is 0 Å². The van der Waals surface area contributed by atoms with Gasteiger partial charge in [0.1, 0.15) is 5.01 Å². The summed E-state index contributed by atoms with van der Waals surface area (Å²) in [4.78, 5) is 7.44. The van der Waals surface area contributed by atoms with Crippen LogP contribution in [0.4, 0.5) is 0 Å². The van der Waals surface area contributed by atoms with Crippen LogP contribution in [0.15, 0.2) is 24.3 Å². The van der Waals surface area contributed by atoms with Crippen molar-refractivity contribution in [3.63, 3.8) is 0 Å². The molecule has 0 saturated carbocycles. The number of rotatable bonds is 4. The van der Waals surface area contributed by atoms with Crippen LogP contribution in [0, 0.1) is 0 Å². The second-order valence-electron chi connectivity index (χ2n) is 5.61. The van der Waals surface area contributed by atoms with Gasteiger partial charge in [-0.25, -0.2) is 4.98 Å². The fourth-order valence-corrected chi connectivity index (χ4v) is 4.21. The summed E-state index contributed by atoms with van der Waals surface area (Å²) in [6.45, 7) is 8.92. The van der Waals surface area contributed by atoms with Crippen LogP contribution < -0.4 is 5.32 Å². The van der Waals surface area contributed by atoms with Crippen LogP contribution in [0.1, 0.15) is 31.7 Å². The van der Waals surface area contributed by atoms with E-state index in [4.69, 9.17) is 4.98 Å². The van der Waals surface area contributed by atoms with Crippen molar-refractivity contribution in [2.24, 2.45) is 0 Å². The van der Waals surface area contributed by atoms with Crippen LogP contribution in [0.5, 0.6) is 0 Å². The third-order valence-corrected chi connectivity index (χ3v) is 5.69. The van der Waals surface area contributed by atoms with E-state index in [1.165, 1.54) is 22.5 Å². The summed E-state index contributed by atoms with van der Waals surface area (Å²) in [5.41, 5.74) is 1.44. The Balaban J connectivity index is 1.84. The molecule has 1 aromatic heterocycles. The molecule has 1 saturated heterocycles. The zero-order valence-corrected chi connectivity index (χ0v) is 13.2. The van der Waals surface area contributed by atoms with Gasteiger partial charge in [0.2, 0.25) is 0 Å². The van der Waals surface area contributed by atoms with Gasteiger partial charge in [-0.2, -0.15) is 0 Å². The Labute approximate surface area is 125 Å². The lowest BCUT2D eigenvalue weighted by Crippen LogP contribution is -2.60. The van der Waals surface area contributed by atoms with Crippen molar-refractivity contribution in [2.45, 2.75) is 38.8 Å². The minimum Gasteiger partial charge on any atom is -0.314 e. The molecule has 0 radical (unpaired) electrons. The van der Waals surface area contributed by atoms with Crippen LogP contribution >= 0.6 is 11.3 Å². The predicted molar refractivity (Wildman–Crippen MR) is 86.2 cm³/mol. The third kappa shape index (κ3) is 2.48. The number of benzene rings is 1. The quantitative estimate of drug-likeness (QED) is 0.936. The van der Waals surface area contributed by atoms with E-state index >= 15 is 0 Å². The summed E-state index contributed by atoms with van der Waals surface area (Å²) >= 11 is 1.84. The van der Waals surface area contributed by atoms with Gasteiger partial charge < -0.3 is 5.32 Å². The molecule has 0 amide bonds. The number of hydrogen-bond acceptors (Lipinski definition) is 4. The van der Waals surface area contributed by atoms with E-state index in [0.717, 1.165) is 31.7 Å². The van der Waals surface area contributed by atoms with E-state index in [9.17, 15) is 0 Å². The van der Waals surface area contributed by atoms with Gasteiger partial charge in [0.05, 0.1) is 16.8 Å². The van der Waals surface area contributed by atoms with E-state index in [2.05, 4.69) is 48.3 Å². The van der Waals surface area contributed by atoms with Crippen LogP contribution in [-0.2, 0) is 6.54 Å². The second-order valence-corrected chi connectivity index (χ2v) is 6.72. The van der Waals surface area contributed by atoms with E-state index in [-0.39, 0.29) is 0 Å². The molecular weight excluding hydrogens is 266 g/mol. The third-order valence-electron chi connectivity index (χ3n) is 4.66. The number of para-hydroxylation sites is 1. The first-order valence-electron chi connectivity index (χ1n) is 7.57. The Morgan fingerprint density at radius 1 is 1.30 bits per heavy atom. The highest BCUT2D eigenvalue weighted by molar-refractivity contribution is 7.18. The fraction of sp³-hybridized carbons (Fsp3) is 0.562. The maximum absolute atomic E-state index is 4.80. The topological polar surface area (TPSA) is 28.2 Å². The first-order valence-corrected chi connectivity index (χ1v) is 8.39. The Morgan fingerprint density at radius 2 is 2.10 bits per heavy atom. The molecule has 0 atom stereocenters. The summed E-state index contributed by atoms with van der Waals surface area (Å²) in [6.07, 6.45) is 2.39. The molecule has 20 heavy (non-hydrogen) atoms. The monoisotopic (exact) mass is 289 g/mol. The lowest BCUT2D eigenvalue weighted by atomic mass is 9.88.